The lowest BCUT2D eigenvalue weighted by atomic mass is 10.3. The number of hydrogen-bond acceptors (Lipinski definition) is 5. The van der Waals surface area contributed by atoms with Gasteiger partial charge in [-0.3, -0.25) is 4.98 Å². The Kier molecular flexibility index (Phi) is 5.81. The van der Waals surface area contributed by atoms with Gasteiger partial charge in [-0.2, -0.15) is 0 Å². The van der Waals surface area contributed by atoms with Crippen molar-refractivity contribution in [2.75, 3.05) is 19.8 Å². The normalized spacial score (nSPS) is 11.5. The highest BCUT2D eigenvalue weighted by molar-refractivity contribution is 5.95. The molecule has 1 rings (SSSR count). The van der Waals surface area contributed by atoms with E-state index in [9.17, 15) is 0 Å². The lowest BCUT2D eigenvalue weighted by molar-refractivity contribution is 0.101. The number of rotatable bonds is 7. The Morgan fingerprint density at radius 2 is 2.29 bits per heavy atom. The molecule has 0 aromatic carbocycles. The zero-order valence-electron chi connectivity index (χ0n) is 9.80. The van der Waals surface area contributed by atoms with Crippen LogP contribution in [0.15, 0.2) is 23.5 Å². The van der Waals surface area contributed by atoms with Crippen molar-refractivity contribution in [3.05, 3.63) is 24.0 Å². The quantitative estimate of drug-likeness (QED) is 0.243. The molecular formula is C11H17N3O3. The summed E-state index contributed by atoms with van der Waals surface area (Å²) < 4.78 is 10.7. The Morgan fingerprint density at radius 1 is 1.47 bits per heavy atom. The van der Waals surface area contributed by atoms with Gasteiger partial charge in [-0.05, 0) is 12.5 Å². The molecule has 0 bridgehead atoms. The maximum Gasteiger partial charge on any atom is 0.188 e. The highest BCUT2D eigenvalue weighted by Gasteiger charge is 2.02. The van der Waals surface area contributed by atoms with E-state index in [4.69, 9.17) is 20.4 Å². The topological polar surface area (TPSA) is 90.0 Å². The van der Waals surface area contributed by atoms with Gasteiger partial charge in [-0.1, -0.05) is 12.1 Å². The van der Waals surface area contributed by atoms with Crippen LogP contribution in [0.4, 0.5) is 0 Å². The third-order valence-corrected chi connectivity index (χ3v) is 1.95. The summed E-state index contributed by atoms with van der Waals surface area (Å²) in [4.78, 5) is 3.94. The molecule has 3 N–H and O–H groups in total. The predicted octanol–water partition coefficient (Wildman–Crippen LogP) is 0.982. The molecule has 6 nitrogen and oxygen atoms in total. The smallest absolute Gasteiger partial charge is 0.188 e. The van der Waals surface area contributed by atoms with Gasteiger partial charge in [-0.15, -0.1) is 0 Å². The number of oxime groups is 1. The molecule has 0 spiro atoms. The molecule has 1 heterocycles. The number of nitrogens with two attached hydrogens (primary N) is 1. The molecule has 1 aromatic rings. The number of amidine groups is 1. The minimum atomic E-state index is -0.0438. The first-order valence-electron chi connectivity index (χ1n) is 5.42. The van der Waals surface area contributed by atoms with E-state index in [0.717, 1.165) is 13.0 Å². The molecule has 0 fully saturated rings. The number of ether oxygens (including phenoxy) is 2. The minimum Gasteiger partial charge on any atom is -0.491 e. The Morgan fingerprint density at radius 3 is 3.00 bits per heavy atom. The lowest BCUT2D eigenvalue weighted by Gasteiger charge is -2.07. The summed E-state index contributed by atoms with van der Waals surface area (Å²) in [6, 6.07) is 3.31. The van der Waals surface area contributed by atoms with E-state index in [0.29, 0.717) is 24.7 Å². The van der Waals surface area contributed by atoms with Gasteiger partial charge in [0.25, 0.3) is 0 Å². The molecule has 6 heteroatoms. The first kappa shape index (κ1) is 13.2. The van der Waals surface area contributed by atoms with Crippen molar-refractivity contribution in [3.63, 3.8) is 0 Å². The SMILES string of the molecule is CCCOCCOc1ccnc(/C(N)=N/O)c1. The van der Waals surface area contributed by atoms with Crippen LogP contribution in [0.1, 0.15) is 19.0 Å². The van der Waals surface area contributed by atoms with Gasteiger partial charge >= 0.3 is 0 Å². The van der Waals surface area contributed by atoms with Gasteiger partial charge < -0.3 is 20.4 Å². The monoisotopic (exact) mass is 239 g/mol. The highest BCUT2D eigenvalue weighted by Crippen LogP contribution is 2.10. The average Bonchev–Trinajstić information content (AvgIpc) is 2.38. The van der Waals surface area contributed by atoms with E-state index in [1.807, 2.05) is 6.92 Å². The highest BCUT2D eigenvalue weighted by atomic mass is 16.5. The van der Waals surface area contributed by atoms with Gasteiger partial charge in [-0.25, -0.2) is 0 Å². The number of nitrogens with zero attached hydrogens (tertiary/aromatic N) is 2. The first-order valence-corrected chi connectivity index (χ1v) is 5.42. The molecule has 0 radical (unpaired) electrons. The fourth-order valence-electron chi connectivity index (χ4n) is 1.16. The third-order valence-electron chi connectivity index (χ3n) is 1.95. The molecule has 0 aliphatic carbocycles. The molecular weight excluding hydrogens is 222 g/mol. The van der Waals surface area contributed by atoms with Crippen LogP contribution in [-0.2, 0) is 4.74 Å². The van der Waals surface area contributed by atoms with Crippen molar-refractivity contribution in [1.29, 1.82) is 0 Å². The Labute approximate surface area is 100 Å². The van der Waals surface area contributed by atoms with Gasteiger partial charge in [0.05, 0.1) is 6.61 Å². The molecule has 94 valence electrons. The van der Waals surface area contributed by atoms with Crippen LogP contribution >= 0.6 is 0 Å². The molecule has 0 saturated carbocycles. The Balaban J connectivity index is 2.43. The predicted molar refractivity (Wildman–Crippen MR) is 63.4 cm³/mol. The second-order valence-corrected chi connectivity index (χ2v) is 3.32. The van der Waals surface area contributed by atoms with Gasteiger partial charge in [0.2, 0.25) is 0 Å². The summed E-state index contributed by atoms with van der Waals surface area (Å²) in [5.74, 6) is 0.569. The van der Waals surface area contributed by atoms with Crippen molar-refractivity contribution >= 4 is 5.84 Å². The van der Waals surface area contributed by atoms with Crippen molar-refractivity contribution in [2.24, 2.45) is 10.9 Å². The summed E-state index contributed by atoms with van der Waals surface area (Å²) in [5.41, 5.74) is 5.79. The number of hydrogen-bond donors (Lipinski definition) is 2. The van der Waals surface area contributed by atoms with Crippen LogP contribution in [0.3, 0.4) is 0 Å². The van der Waals surface area contributed by atoms with E-state index in [1.54, 1.807) is 12.1 Å². The zero-order valence-corrected chi connectivity index (χ0v) is 9.80. The second kappa shape index (κ2) is 7.45. The van der Waals surface area contributed by atoms with Crippen molar-refractivity contribution in [3.8, 4) is 5.75 Å². The fraction of sp³-hybridized carbons (Fsp3) is 0.455. The maximum atomic E-state index is 8.51. The first-order chi connectivity index (χ1) is 8.27. The zero-order chi connectivity index (χ0) is 12.5. The van der Waals surface area contributed by atoms with Crippen LogP contribution in [0.5, 0.6) is 5.75 Å². The van der Waals surface area contributed by atoms with Crippen LogP contribution in [-0.4, -0.2) is 35.8 Å². The summed E-state index contributed by atoms with van der Waals surface area (Å²) in [6.45, 7) is 3.77. The van der Waals surface area contributed by atoms with Crippen LogP contribution in [0, 0.1) is 0 Å². The van der Waals surface area contributed by atoms with Crippen molar-refractivity contribution < 1.29 is 14.7 Å². The average molecular weight is 239 g/mol. The molecule has 0 atom stereocenters. The number of aromatic nitrogens is 1. The van der Waals surface area contributed by atoms with Crippen molar-refractivity contribution in [2.45, 2.75) is 13.3 Å². The summed E-state index contributed by atoms with van der Waals surface area (Å²) >= 11 is 0. The molecule has 0 aliphatic heterocycles. The third kappa shape index (κ3) is 4.69. The summed E-state index contributed by atoms with van der Waals surface area (Å²) in [6.07, 6.45) is 2.53. The molecule has 1 aromatic heterocycles. The number of pyridine rings is 1. The van der Waals surface area contributed by atoms with Crippen LogP contribution in [0.25, 0.3) is 0 Å². The Hall–Kier alpha value is -1.82. The van der Waals surface area contributed by atoms with Crippen LogP contribution < -0.4 is 10.5 Å². The van der Waals surface area contributed by atoms with E-state index < -0.39 is 0 Å². The standard InChI is InChI=1S/C11H17N3O3/c1-2-5-16-6-7-17-9-3-4-13-10(8-9)11(12)14-15/h3-4,8,15H,2,5-7H2,1H3,(H2,12,14). The molecule has 0 saturated heterocycles. The Bertz CT molecular complexity index is 369. The molecule has 0 amide bonds. The lowest BCUT2D eigenvalue weighted by Crippen LogP contribution is -2.15. The maximum absolute atomic E-state index is 8.51. The second-order valence-electron chi connectivity index (χ2n) is 3.32. The molecule has 17 heavy (non-hydrogen) atoms. The van der Waals surface area contributed by atoms with Gasteiger partial charge in [0.15, 0.2) is 5.84 Å². The minimum absolute atomic E-state index is 0.0438. The molecule has 0 unspecified atom stereocenters. The van der Waals surface area contributed by atoms with Crippen molar-refractivity contribution in [1.82, 2.24) is 4.98 Å². The van der Waals surface area contributed by atoms with E-state index in [2.05, 4.69) is 10.1 Å². The van der Waals surface area contributed by atoms with E-state index in [-0.39, 0.29) is 5.84 Å². The largest absolute Gasteiger partial charge is 0.491 e. The van der Waals surface area contributed by atoms with E-state index in [1.165, 1.54) is 6.20 Å². The molecule has 0 aliphatic rings. The van der Waals surface area contributed by atoms with Gasteiger partial charge in [0, 0.05) is 18.9 Å². The van der Waals surface area contributed by atoms with Gasteiger partial charge in [0.1, 0.15) is 18.1 Å². The van der Waals surface area contributed by atoms with E-state index >= 15 is 0 Å². The van der Waals surface area contributed by atoms with Crippen LogP contribution in [0.2, 0.25) is 0 Å². The summed E-state index contributed by atoms with van der Waals surface area (Å²) in [7, 11) is 0. The fourth-order valence-corrected chi connectivity index (χ4v) is 1.16. The summed E-state index contributed by atoms with van der Waals surface area (Å²) in [5, 5.41) is 11.4.